The SMILES string of the molecule is Cc1cccc(NC(=O)c2cc(S(=O)(=O)N3CCOCC3)ccc2O)c1. The maximum atomic E-state index is 12.7. The average Bonchev–Trinajstić information content (AvgIpc) is 2.62. The summed E-state index contributed by atoms with van der Waals surface area (Å²) in [5.74, 6) is -0.858. The van der Waals surface area contributed by atoms with Crippen molar-refractivity contribution < 1.29 is 23.1 Å². The number of hydrogen-bond donors (Lipinski definition) is 2. The van der Waals surface area contributed by atoms with Gasteiger partial charge >= 0.3 is 0 Å². The summed E-state index contributed by atoms with van der Waals surface area (Å²) in [5.41, 5.74) is 1.44. The second-order valence-electron chi connectivity index (χ2n) is 6.02. The highest BCUT2D eigenvalue weighted by Crippen LogP contribution is 2.25. The van der Waals surface area contributed by atoms with Crippen molar-refractivity contribution in [3.8, 4) is 5.75 Å². The number of carbonyl (C=O) groups is 1. The van der Waals surface area contributed by atoms with Crippen molar-refractivity contribution in [3.05, 3.63) is 53.6 Å². The average molecular weight is 376 g/mol. The van der Waals surface area contributed by atoms with Gasteiger partial charge in [-0.25, -0.2) is 8.42 Å². The minimum Gasteiger partial charge on any atom is -0.507 e. The first-order valence-electron chi connectivity index (χ1n) is 8.17. The Morgan fingerprint density at radius 1 is 1.15 bits per heavy atom. The zero-order valence-electron chi connectivity index (χ0n) is 14.3. The van der Waals surface area contributed by atoms with Gasteiger partial charge in [0.1, 0.15) is 5.75 Å². The molecule has 3 rings (SSSR count). The largest absolute Gasteiger partial charge is 0.507 e. The lowest BCUT2D eigenvalue weighted by Crippen LogP contribution is -2.40. The fourth-order valence-corrected chi connectivity index (χ4v) is 4.15. The Labute approximate surface area is 152 Å². The van der Waals surface area contributed by atoms with Gasteiger partial charge in [0.2, 0.25) is 10.0 Å². The van der Waals surface area contributed by atoms with Gasteiger partial charge in [-0.1, -0.05) is 12.1 Å². The second kappa shape index (κ2) is 7.45. The predicted octanol–water partition coefficient (Wildman–Crippen LogP) is 1.97. The molecule has 0 atom stereocenters. The third kappa shape index (κ3) is 3.87. The molecule has 0 aromatic heterocycles. The number of ether oxygens (including phenoxy) is 1. The Hall–Kier alpha value is -2.42. The molecule has 2 N–H and O–H groups in total. The highest BCUT2D eigenvalue weighted by molar-refractivity contribution is 7.89. The van der Waals surface area contributed by atoms with E-state index in [1.165, 1.54) is 22.5 Å². The van der Waals surface area contributed by atoms with E-state index in [4.69, 9.17) is 4.74 Å². The molecule has 7 nitrogen and oxygen atoms in total. The minimum absolute atomic E-state index is 0.0356. The van der Waals surface area contributed by atoms with Crippen LogP contribution in [0, 0.1) is 6.92 Å². The van der Waals surface area contributed by atoms with Crippen LogP contribution in [0.4, 0.5) is 5.69 Å². The smallest absolute Gasteiger partial charge is 0.259 e. The predicted molar refractivity (Wildman–Crippen MR) is 96.8 cm³/mol. The van der Waals surface area contributed by atoms with Crippen LogP contribution in [0.5, 0.6) is 5.75 Å². The quantitative estimate of drug-likeness (QED) is 0.851. The number of sulfonamides is 1. The van der Waals surface area contributed by atoms with Crippen molar-refractivity contribution in [2.24, 2.45) is 0 Å². The molecular formula is C18H20N2O5S. The monoisotopic (exact) mass is 376 g/mol. The highest BCUT2D eigenvalue weighted by Gasteiger charge is 2.27. The molecule has 0 aliphatic carbocycles. The number of carbonyl (C=O) groups excluding carboxylic acids is 1. The van der Waals surface area contributed by atoms with Gasteiger partial charge in [0.05, 0.1) is 23.7 Å². The number of aryl methyl sites for hydroxylation is 1. The number of nitrogens with zero attached hydrogens (tertiary/aromatic N) is 1. The molecule has 2 aromatic rings. The lowest BCUT2D eigenvalue weighted by atomic mass is 10.1. The van der Waals surface area contributed by atoms with Crippen molar-refractivity contribution >= 4 is 21.6 Å². The summed E-state index contributed by atoms with van der Waals surface area (Å²) in [6, 6.07) is 10.9. The van der Waals surface area contributed by atoms with E-state index in [-0.39, 0.29) is 29.3 Å². The summed E-state index contributed by atoms with van der Waals surface area (Å²) in [6.45, 7) is 3.07. The van der Waals surface area contributed by atoms with Gasteiger partial charge in [0, 0.05) is 18.8 Å². The van der Waals surface area contributed by atoms with E-state index in [0.717, 1.165) is 5.56 Å². The highest BCUT2D eigenvalue weighted by atomic mass is 32.2. The maximum Gasteiger partial charge on any atom is 0.259 e. The molecular weight excluding hydrogens is 356 g/mol. The lowest BCUT2D eigenvalue weighted by Gasteiger charge is -2.26. The molecule has 138 valence electrons. The van der Waals surface area contributed by atoms with Crippen molar-refractivity contribution in [2.75, 3.05) is 31.6 Å². The summed E-state index contributed by atoms with van der Waals surface area (Å²) >= 11 is 0. The number of nitrogens with one attached hydrogen (secondary N) is 1. The van der Waals surface area contributed by atoms with Crippen LogP contribution >= 0.6 is 0 Å². The third-order valence-electron chi connectivity index (χ3n) is 4.10. The van der Waals surface area contributed by atoms with Gasteiger partial charge in [0.25, 0.3) is 5.91 Å². The molecule has 1 aliphatic heterocycles. The molecule has 0 radical (unpaired) electrons. The summed E-state index contributed by atoms with van der Waals surface area (Å²) in [5, 5.41) is 12.7. The van der Waals surface area contributed by atoms with E-state index in [1.54, 1.807) is 18.2 Å². The van der Waals surface area contributed by atoms with Gasteiger partial charge in [-0.15, -0.1) is 0 Å². The van der Waals surface area contributed by atoms with Crippen LogP contribution in [-0.2, 0) is 14.8 Å². The number of rotatable bonds is 4. The standard InChI is InChI=1S/C18H20N2O5S/c1-13-3-2-4-14(11-13)19-18(22)16-12-15(5-6-17(16)21)26(23,24)20-7-9-25-10-8-20/h2-6,11-12,21H,7-10H2,1H3,(H,19,22). The van der Waals surface area contributed by atoms with Crippen LogP contribution in [-0.4, -0.2) is 50.0 Å². The van der Waals surface area contributed by atoms with Crippen LogP contribution in [0.3, 0.4) is 0 Å². The molecule has 1 heterocycles. The van der Waals surface area contributed by atoms with E-state index in [9.17, 15) is 18.3 Å². The van der Waals surface area contributed by atoms with Crippen LogP contribution in [0.25, 0.3) is 0 Å². The second-order valence-corrected chi connectivity index (χ2v) is 7.96. The van der Waals surface area contributed by atoms with Gasteiger partial charge in [0.15, 0.2) is 0 Å². The summed E-state index contributed by atoms with van der Waals surface area (Å²) in [7, 11) is -3.75. The van der Waals surface area contributed by atoms with Crippen molar-refractivity contribution in [3.63, 3.8) is 0 Å². The van der Waals surface area contributed by atoms with Crippen LogP contribution in [0.15, 0.2) is 47.4 Å². The lowest BCUT2D eigenvalue weighted by molar-refractivity contribution is 0.0730. The van der Waals surface area contributed by atoms with Crippen molar-refractivity contribution in [2.45, 2.75) is 11.8 Å². The Balaban J connectivity index is 1.88. The topological polar surface area (TPSA) is 95.9 Å². The summed E-state index contributed by atoms with van der Waals surface area (Å²) in [6.07, 6.45) is 0. The fraction of sp³-hybridized carbons (Fsp3) is 0.278. The number of phenols is 1. The zero-order valence-corrected chi connectivity index (χ0v) is 15.1. The normalized spacial score (nSPS) is 15.6. The number of amides is 1. The van der Waals surface area contributed by atoms with E-state index in [1.807, 2.05) is 13.0 Å². The number of phenolic OH excluding ortho intramolecular Hbond substituents is 1. The summed E-state index contributed by atoms with van der Waals surface area (Å²) in [4.78, 5) is 12.5. The molecule has 1 saturated heterocycles. The zero-order chi connectivity index (χ0) is 18.7. The first-order chi connectivity index (χ1) is 12.4. The molecule has 0 unspecified atom stereocenters. The van der Waals surface area contributed by atoms with Gasteiger partial charge in [-0.2, -0.15) is 4.31 Å². The van der Waals surface area contributed by atoms with Crippen LogP contribution in [0.1, 0.15) is 15.9 Å². The van der Waals surface area contributed by atoms with E-state index < -0.39 is 15.9 Å². The number of benzene rings is 2. The third-order valence-corrected chi connectivity index (χ3v) is 5.99. The molecule has 0 bridgehead atoms. The fourth-order valence-electron chi connectivity index (χ4n) is 2.71. The molecule has 26 heavy (non-hydrogen) atoms. The van der Waals surface area contributed by atoms with E-state index >= 15 is 0 Å². The summed E-state index contributed by atoms with van der Waals surface area (Å²) < 4.78 is 32.0. The molecule has 2 aromatic carbocycles. The van der Waals surface area contributed by atoms with E-state index in [0.29, 0.717) is 18.9 Å². The minimum atomic E-state index is -3.75. The Kier molecular flexibility index (Phi) is 5.26. The molecule has 0 saturated carbocycles. The van der Waals surface area contributed by atoms with Crippen molar-refractivity contribution in [1.82, 2.24) is 4.31 Å². The van der Waals surface area contributed by atoms with Crippen molar-refractivity contribution in [1.29, 1.82) is 0 Å². The Bertz CT molecular complexity index is 921. The van der Waals surface area contributed by atoms with Gasteiger partial charge in [-0.3, -0.25) is 4.79 Å². The van der Waals surface area contributed by atoms with Crippen LogP contribution < -0.4 is 5.32 Å². The first-order valence-corrected chi connectivity index (χ1v) is 9.61. The molecule has 8 heteroatoms. The number of morpholine rings is 1. The van der Waals surface area contributed by atoms with Gasteiger partial charge < -0.3 is 15.2 Å². The molecule has 1 amide bonds. The van der Waals surface area contributed by atoms with Gasteiger partial charge in [-0.05, 0) is 42.8 Å². The number of hydrogen-bond acceptors (Lipinski definition) is 5. The first kappa shape index (κ1) is 18.4. The Morgan fingerprint density at radius 3 is 2.58 bits per heavy atom. The molecule has 0 spiro atoms. The number of anilines is 1. The maximum absolute atomic E-state index is 12.7. The number of aromatic hydroxyl groups is 1. The molecule has 1 aliphatic rings. The molecule has 1 fully saturated rings. The Morgan fingerprint density at radius 2 is 1.88 bits per heavy atom. The van der Waals surface area contributed by atoms with Crippen LogP contribution in [0.2, 0.25) is 0 Å². The van der Waals surface area contributed by atoms with E-state index in [2.05, 4.69) is 5.32 Å².